The highest BCUT2D eigenvalue weighted by molar-refractivity contribution is 5.97. The number of benzene rings is 1. The summed E-state index contributed by atoms with van der Waals surface area (Å²) in [6.07, 6.45) is -2.25. The quantitative estimate of drug-likeness (QED) is 0.747. The summed E-state index contributed by atoms with van der Waals surface area (Å²) < 4.78 is 45.7. The molecule has 0 saturated heterocycles. The second-order valence-corrected chi connectivity index (χ2v) is 6.65. The predicted molar refractivity (Wildman–Crippen MR) is 92.3 cm³/mol. The first-order valence-corrected chi connectivity index (χ1v) is 8.47. The molecule has 0 unspecified atom stereocenters. The Kier molecular flexibility index (Phi) is 5.16. The Morgan fingerprint density at radius 3 is 2.64 bits per heavy atom. The number of ether oxygens (including phenoxy) is 1. The molecule has 10 heteroatoms. The first-order chi connectivity index (χ1) is 13.2. The minimum absolute atomic E-state index is 0.0145. The number of nitrogens with zero attached hydrogens (tertiary/aromatic N) is 2. The van der Waals surface area contributed by atoms with Crippen molar-refractivity contribution in [2.75, 3.05) is 19.0 Å². The number of aromatic carboxylic acids is 1. The van der Waals surface area contributed by atoms with Gasteiger partial charge in [-0.15, -0.1) is 0 Å². The number of hydrogen-bond acceptors (Lipinski definition) is 4. The van der Waals surface area contributed by atoms with E-state index in [9.17, 15) is 22.8 Å². The average Bonchev–Trinajstić information content (AvgIpc) is 3.27. The van der Waals surface area contributed by atoms with E-state index in [-0.39, 0.29) is 11.6 Å². The number of alkyl halides is 3. The summed E-state index contributed by atoms with van der Waals surface area (Å²) in [5.41, 5.74) is -2.56. The van der Waals surface area contributed by atoms with E-state index in [1.807, 2.05) is 0 Å². The maximum Gasteiger partial charge on any atom is 0.434 e. The Bertz CT molecular complexity index is 904. The molecule has 1 aromatic heterocycles. The lowest BCUT2D eigenvalue weighted by molar-refractivity contribution is -0.143. The van der Waals surface area contributed by atoms with Crippen LogP contribution in [0.25, 0.3) is 5.69 Å². The summed E-state index contributed by atoms with van der Waals surface area (Å²) in [7, 11) is 1.55. The molecule has 1 aliphatic carbocycles. The minimum Gasteiger partial charge on any atom is -0.478 e. The lowest BCUT2D eigenvalue weighted by Gasteiger charge is -2.16. The van der Waals surface area contributed by atoms with Crippen LogP contribution in [-0.4, -0.2) is 40.5 Å². The van der Waals surface area contributed by atoms with Crippen molar-refractivity contribution in [2.24, 2.45) is 5.41 Å². The fourth-order valence-electron chi connectivity index (χ4n) is 2.99. The molecule has 1 aliphatic rings. The molecule has 2 N–H and O–H groups in total. The van der Waals surface area contributed by atoms with Crippen LogP contribution < -0.4 is 5.32 Å². The fraction of sp³-hybridized carbons (Fsp3) is 0.389. The molecule has 1 heterocycles. The van der Waals surface area contributed by atoms with Crippen LogP contribution in [0, 0.1) is 5.41 Å². The van der Waals surface area contributed by atoms with Gasteiger partial charge >= 0.3 is 12.1 Å². The van der Waals surface area contributed by atoms with Crippen LogP contribution in [0.2, 0.25) is 0 Å². The zero-order valence-corrected chi connectivity index (χ0v) is 14.9. The molecule has 1 amide bonds. The molecule has 28 heavy (non-hydrogen) atoms. The van der Waals surface area contributed by atoms with Crippen molar-refractivity contribution >= 4 is 17.6 Å². The highest BCUT2D eigenvalue weighted by atomic mass is 19.4. The Labute approximate surface area is 158 Å². The molecule has 0 radical (unpaired) electrons. The van der Waals surface area contributed by atoms with Crippen molar-refractivity contribution < 1.29 is 32.6 Å². The molecular formula is C18H18F3N3O4. The number of carboxylic acids is 1. The van der Waals surface area contributed by atoms with E-state index in [4.69, 9.17) is 9.84 Å². The largest absolute Gasteiger partial charge is 0.478 e. The highest BCUT2D eigenvalue weighted by Gasteiger charge is 2.49. The lowest BCUT2D eigenvalue weighted by Crippen LogP contribution is -2.25. The van der Waals surface area contributed by atoms with Crippen molar-refractivity contribution in [3.05, 3.63) is 41.7 Å². The number of halogens is 3. The molecular weight excluding hydrogens is 379 g/mol. The fourth-order valence-corrected chi connectivity index (χ4v) is 2.99. The van der Waals surface area contributed by atoms with Crippen LogP contribution in [0.3, 0.4) is 0 Å². The van der Waals surface area contributed by atoms with Gasteiger partial charge in [-0.2, -0.15) is 18.3 Å². The topological polar surface area (TPSA) is 93.5 Å². The van der Waals surface area contributed by atoms with Gasteiger partial charge in [0.2, 0.25) is 5.91 Å². The first kappa shape index (κ1) is 19.9. The highest BCUT2D eigenvalue weighted by Crippen LogP contribution is 2.49. The number of hydrogen-bond donors (Lipinski definition) is 2. The predicted octanol–water partition coefficient (Wildman–Crippen LogP) is 3.34. The first-order valence-electron chi connectivity index (χ1n) is 8.47. The van der Waals surface area contributed by atoms with E-state index < -0.39 is 28.8 Å². The molecule has 1 saturated carbocycles. The molecule has 7 nitrogen and oxygen atoms in total. The van der Waals surface area contributed by atoms with Crippen molar-refractivity contribution in [1.29, 1.82) is 0 Å². The minimum atomic E-state index is -4.91. The summed E-state index contributed by atoms with van der Waals surface area (Å²) >= 11 is 0. The van der Waals surface area contributed by atoms with Gasteiger partial charge in [0.05, 0.1) is 17.3 Å². The normalized spacial score (nSPS) is 15.3. The number of carbonyl (C=O) groups is 2. The molecule has 150 valence electrons. The van der Waals surface area contributed by atoms with Gasteiger partial charge in [-0.1, -0.05) is 6.07 Å². The van der Waals surface area contributed by atoms with Gasteiger partial charge in [0.1, 0.15) is 5.56 Å². The molecule has 2 aromatic rings. The Morgan fingerprint density at radius 2 is 2.07 bits per heavy atom. The van der Waals surface area contributed by atoms with Gasteiger partial charge in [-0.25, -0.2) is 9.48 Å². The molecule has 1 aromatic carbocycles. The van der Waals surface area contributed by atoms with Crippen LogP contribution in [0.1, 0.15) is 35.3 Å². The summed E-state index contributed by atoms with van der Waals surface area (Å²) in [5, 5.41) is 15.3. The number of carbonyl (C=O) groups excluding carboxylic acids is 1. The zero-order chi connectivity index (χ0) is 20.5. The second kappa shape index (κ2) is 7.27. The van der Waals surface area contributed by atoms with Gasteiger partial charge in [-0.3, -0.25) is 4.79 Å². The van der Waals surface area contributed by atoms with Gasteiger partial charge in [0, 0.05) is 19.4 Å². The summed E-state index contributed by atoms with van der Waals surface area (Å²) in [6.45, 7) is 0.438. The standard InChI is InChI=1S/C18H18F3N3O4/c1-28-8-7-17(5-6-17)16(27)23-11-3-2-4-12(9-11)24-14(18(19,20)21)13(10-22-24)15(25)26/h2-4,9-10H,5-8H2,1H3,(H,23,27)(H,25,26). The van der Waals surface area contributed by atoms with Gasteiger partial charge in [0.15, 0.2) is 5.69 Å². The van der Waals surface area contributed by atoms with Crippen molar-refractivity contribution in [3.63, 3.8) is 0 Å². The van der Waals surface area contributed by atoms with Crippen LogP contribution >= 0.6 is 0 Å². The number of amides is 1. The lowest BCUT2D eigenvalue weighted by atomic mass is 10.0. The summed E-state index contributed by atoms with van der Waals surface area (Å²) in [6, 6.07) is 5.67. The maximum absolute atomic E-state index is 13.4. The number of nitrogens with one attached hydrogen (secondary N) is 1. The van der Waals surface area contributed by atoms with Crippen molar-refractivity contribution in [1.82, 2.24) is 9.78 Å². The monoisotopic (exact) mass is 397 g/mol. The number of carboxylic acid groups (broad SMARTS) is 1. The van der Waals surface area contributed by atoms with E-state index in [0.29, 0.717) is 29.6 Å². The SMILES string of the molecule is COCCC1(C(=O)Nc2cccc(-n3ncc(C(=O)O)c3C(F)(F)F)c2)CC1. The van der Waals surface area contributed by atoms with E-state index in [1.165, 1.54) is 18.2 Å². The van der Waals surface area contributed by atoms with Crippen LogP contribution in [0.4, 0.5) is 18.9 Å². The second-order valence-electron chi connectivity index (χ2n) is 6.65. The van der Waals surface area contributed by atoms with E-state index >= 15 is 0 Å². The summed E-state index contributed by atoms with van der Waals surface area (Å²) in [5.74, 6) is -1.94. The molecule has 0 atom stereocenters. The number of rotatable bonds is 7. The van der Waals surface area contributed by atoms with Gasteiger partial charge in [0.25, 0.3) is 0 Å². The average molecular weight is 397 g/mol. The Morgan fingerprint density at radius 1 is 1.36 bits per heavy atom. The third-order valence-corrected chi connectivity index (χ3v) is 4.74. The third-order valence-electron chi connectivity index (χ3n) is 4.74. The smallest absolute Gasteiger partial charge is 0.434 e. The van der Waals surface area contributed by atoms with Crippen LogP contribution in [0.5, 0.6) is 0 Å². The van der Waals surface area contributed by atoms with E-state index in [2.05, 4.69) is 10.4 Å². The molecule has 1 fully saturated rings. The Balaban J connectivity index is 1.89. The van der Waals surface area contributed by atoms with Crippen LogP contribution in [-0.2, 0) is 15.7 Å². The maximum atomic E-state index is 13.4. The van der Waals surface area contributed by atoms with Gasteiger partial charge in [-0.05, 0) is 37.5 Å². The molecule has 0 bridgehead atoms. The zero-order valence-electron chi connectivity index (χ0n) is 14.9. The molecule has 0 spiro atoms. The van der Waals surface area contributed by atoms with E-state index in [1.54, 1.807) is 13.2 Å². The van der Waals surface area contributed by atoms with E-state index in [0.717, 1.165) is 12.8 Å². The Hall–Kier alpha value is -2.88. The molecule has 0 aliphatic heterocycles. The van der Waals surface area contributed by atoms with Crippen molar-refractivity contribution in [2.45, 2.75) is 25.4 Å². The number of aromatic nitrogens is 2. The van der Waals surface area contributed by atoms with Gasteiger partial charge < -0.3 is 15.2 Å². The van der Waals surface area contributed by atoms with Crippen LogP contribution in [0.15, 0.2) is 30.5 Å². The molecule has 3 rings (SSSR count). The number of methoxy groups -OCH3 is 1. The van der Waals surface area contributed by atoms with Crippen molar-refractivity contribution in [3.8, 4) is 5.69 Å². The summed E-state index contributed by atoms with van der Waals surface area (Å²) in [4.78, 5) is 23.6. The third kappa shape index (κ3) is 3.86. The number of anilines is 1.